The van der Waals surface area contributed by atoms with Crippen LogP contribution in [0.5, 0.6) is 5.75 Å². The van der Waals surface area contributed by atoms with Gasteiger partial charge < -0.3 is 10.1 Å². The molecule has 0 atom stereocenters. The molecule has 0 aliphatic heterocycles. The first-order valence-corrected chi connectivity index (χ1v) is 5.23. The van der Waals surface area contributed by atoms with E-state index in [-0.39, 0.29) is 0 Å². The topological polar surface area (TPSA) is 45.0 Å². The zero-order chi connectivity index (χ0) is 12.1. The quantitative estimate of drug-likeness (QED) is 0.869. The number of nitriles is 1. The zero-order valence-corrected chi connectivity index (χ0v) is 9.47. The molecular formula is C14H12N2O. The Morgan fingerprint density at radius 1 is 1.06 bits per heavy atom. The largest absolute Gasteiger partial charge is 0.497 e. The monoisotopic (exact) mass is 224 g/mol. The first kappa shape index (κ1) is 11.0. The van der Waals surface area contributed by atoms with E-state index in [1.165, 1.54) is 0 Å². The standard InChI is InChI=1S/C14H12N2O/c1-17-13-8-6-12(7-9-13)16-14-5-3-2-4-11(14)10-15/h2-9,16H,1H3. The fourth-order valence-corrected chi connectivity index (χ4v) is 1.52. The number of nitrogens with one attached hydrogen (secondary N) is 1. The molecule has 0 aromatic heterocycles. The molecule has 0 heterocycles. The summed E-state index contributed by atoms with van der Waals surface area (Å²) in [6.07, 6.45) is 0. The Morgan fingerprint density at radius 3 is 2.41 bits per heavy atom. The van der Waals surface area contributed by atoms with E-state index in [1.807, 2.05) is 42.5 Å². The van der Waals surface area contributed by atoms with Crippen LogP contribution in [0.2, 0.25) is 0 Å². The van der Waals surface area contributed by atoms with Crippen molar-refractivity contribution in [2.45, 2.75) is 0 Å². The summed E-state index contributed by atoms with van der Waals surface area (Å²) in [5, 5.41) is 12.2. The maximum Gasteiger partial charge on any atom is 0.119 e. The van der Waals surface area contributed by atoms with E-state index in [2.05, 4.69) is 11.4 Å². The highest BCUT2D eigenvalue weighted by Crippen LogP contribution is 2.22. The molecule has 0 bridgehead atoms. The summed E-state index contributed by atoms with van der Waals surface area (Å²) < 4.78 is 5.08. The Labute approximate surface area is 100 Å². The molecule has 17 heavy (non-hydrogen) atoms. The number of anilines is 2. The Kier molecular flexibility index (Phi) is 3.27. The van der Waals surface area contributed by atoms with E-state index in [1.54, 1.807) is 13.2 Å². The average Bonchev–Trinajstić information content (AvgIpc) is 2.40. The van der Waals surface area contributed by atoms with Gasteiger partial charge in [-0.15, -0.1) is 0 Å². The first-order valence-electron chi connectivity index (χ1n) is 5.23. The second kappa shape index (κ2) is 5.04. The third-order valence-corrected chi connectivity index (χ3v) is 2.42. The molecule has 3 heteroatoms. The Hall–Kier alpha value is -2.47. The molecule has 0 spiro atoms. The first-order chi connectivity index (χ1) is 8.33. The fraction of sp³-hybridized carbons (Fsp3) is 0.0714. The van der Waals surface area contributed by atoms with Gasteiger partial charge in [0.2, 0.25) is 0 Å². The van der Waals surface area contributed by atoms with E-state index in [4.69, 9.17) is 10.00 Å². The number of rotatable bonds is 3. The molecule has 0 fully saturated rings. The predicted octanol–water partition coefficient (Wildman–Crippen LogP) is 3.31. The smallest absolute Gasteiger partial charge is 0.119 e. The lowest BCUT2D eigenvalue weighted by molar-refractivity contribution is 0.415. The van der Waals surface area contributed by atoms with Gasteiger partial charge >= 0.3 is 0 Å². The van der Waals surface area contributed by atoms with Crippen molar-refractivity contribution in [3.8, 4) is 11.8 Å². The number of methoxy groups -OCH3 is 1. The van der Waals surface area contributed by atoms with Crippen LogP contribution in [0.1, 0.15) is 5.56 Å². The second-order valence-corrected chi connectivity index (χ2v) is 3.51. The van der Waals surface area contributed by atoms with Gasteiger partial charge in [-0.25, -0.2) is 0 Å². The predicted molar refractivity (Wildman–Crippen MR) is 67.4 cm³/mol. The van der Waals surface area contributed by atoms with Crippen molar-refractivity contribution in [3.05, 3.63) is 54.1 Å². The third kappa shape index (κ3) is 2.56. The lowest BCUT2D eigenvalue weighted by atomic mass is 10.2. The minimum Gasteiger partial charge on any atom is -0.497 e. The van der Waals surface area contributed by atoms with Gasteiger partial charge in [0.15, 0.2) is 0 Å². The molecule has 84 valence electrons. The summed E-state index contributed by atoms with van der Waals surface area (Å²) in [5.41, 5.74) is 2.36. The summed E-state index contributed by atoms with van der Waals surface area (Å²) in [6.45, 7) is 0. The fourth-order valence-electron chi connectivity index (χ4n) is 1.52. The molecule has 2 aromatic rings. The van der Waals surface area contributed by atoms with Crippen molar-refractivity contribution in [1.29, 1.82) is 5.26 Å². The van der Waals surface area contributed by atoms with Crippen LogP contribution >= 0.6 is 0 Å². The Morgan fingerprint density at radius 2 is 1.76 bits per heavy atom. The molecule has 2 aromatic carbocycles. The molecule has 2 rings (SSSR count). The van der Waals surface area contributed by atoms with Crippen molar-refractivity contribution in [2.75, 3.05) is 12.4 Å². The average molecular weight is 224 g/mol. The van der Waals surface area contributed by atoms with Crippen molar-refractivity contribution < 1.29 is 4.74 Å². The summed E-state index contributed by atoms with van der Waals surface area (Å²) in [7, 11) is 1.63. The molecule has 0 radical (unpaired) electrons. The lowest BCUT2D eigenvalue weighted by Gasteiger charge is -2.08. The maximum atomic E-state index is 8.97. The maximum absolute atomic E-state index is 8.97. The van der Waals surface area contributed by atoms with Crippen LogP contribution in [0.25, 0.3) is 0 Å². The SMILES string of the molecule is COc1ccc(Nc2ccccc2C#N)cc1. The van der Waals surface area contributed by atoms with E-state index in [9.17, 15) is 0 Å². The highest BCUT2D eigenvalue weighted by Gasteiger charge is 2.00. The number of para-hydroxylation sites is 1. The molecule has 0 saturated carbocycles. The van der Waals surface area contributed by atoms with Crippen LogP contribution in [-0.2, 0) is 0 Å². The summed E-state index contributed by atoms with van der Waals surface area (Å²) in [6, 6.07) is 17.1. The Bertz CT molecular complexity index is 541. The van der Waals surface area contributed by atoms with E-state index in [0.29, 0.717) is 5.56 Å². The van der Waals surface area contributed by atoms with Gasteiger partial charge in [0.05, 0.1) is 18.4 Å². The van der Waals surface area contributed by atoms with Gasteiger partial charge in [0, 0.05) is 5.69 Å². The van der Waals surface area contributed by atoms with Gasteiger partial charge in [0.1, 0.15) is 11.8 Å². The van der Waals surface area contributed by atoms with Crippen molar-refractivity contribution >= 4 is 11.4 Å². The molecule has 0 aliphatic carbocycles. The van der Waals surface area contributed by atoms with Crippen LogP contribution in [-0.4, -0.2) is 7.11 Å². The van der Waals surface area contributed by atoms with Crippen LogP contribution < -0.4 is 10.1 Å². The van der Waals surface area contributed by atoms with Gasteiger partial charge in [-0.2, -0.15) is 5.26 Å². The van der Waals surface area contributed by atoms with E-state index >= 15 is 0 Å². The molecule has 0 aliphatic rings. The van der Waals surface area contributed by atoms with Crippen LogP contribution in [0.4, 0.5) is 11.4 Å². The number of hydrogen-bond donors (Lipinski definition) is 1. The molecule has 0 saturated heterocycles. The minimum absolute atomic E-state index is 0.628. The second-order valence-electron chi connectivity index (χ2n) is 3.51. The summed E-state index contributed by atoms with van der Waals surface area (Å²) in [4.78, 5) is 0. The van der Waals surface area contributed by atoms with E-state index < -0.39 is 0 Å². The highest BCUT2D eigenvalue weighted by atomic mass is 16.5. The van der Waals surface area contributed by atoms with Gasteiger partial charge in [-0.3, -0.25) is 0 Å². The number of ether oxygens (including phenoxy) is 1. The molecule has 0 amide bonds. The van der Waals surface area contributed by atoms with Crippen molar-refractivity contribution in [1.82, 2.24) is 0 Å². The summed E-state index contributed by atoms with van der Waals surface area (Å²) in [5.74, 6) is 0.809. The molecular weight excluding hydrogens is 212 g/mol. The molecule has 0 unspecified atom stereocenters. The van der Waals surface area contributed by atoms with Crippen LogP contribution in [0, 0.1) is 11.3 Å². The minimum atomic E-state index is 0.628. The summed E-state index contributed by atoms with van der Waals surface area (Å²) >= 11 is 0. The lowest BCUT2D eigenvalue weighted by Crippen LogP contribution is -1.93. The normalized spacial score (nSPS) is 9.41. The van der Waals surface area contributed by atoms with Crippen LogP contribution in [0.15, 0.2) is 48.5 Å². The van der Waals surface area contributed by atoms with Crippen molar-refractivity contribution in [2.24, 2.45) is 0 Å². The van der Waals surface area contributed by atoms with Crippen molar-refractivity contribution in [3.63, 3.8) is 0 Å². The molecule has 1 N–H and O–H groups in total. The number of nitrogens with zero attached hydrogens (tertiary/aromatic N) is 1. The van der Waals surface area contributed by atoms with E-state index in [0.717, 1.165) is 17.1 Å². The van der Waals surface area contributed by atoms with Gasteiger partial charge in [-0.1, -0.05) is 12.1 Å². The van der Waals surface area contributed by atoms with Gasteiger partial charge in [0.25, 0.3) is 0 Å². The number of benzene rings is 2. The van der Waals surface area contributed by atoms with Crippen LogP contribution in [0.3, 0.4) is 0 Å². The molecule has 3 nitrogen and oxygen atoms in total. The number of hydrogen-bond acceptors (Lipinski definition) is 3. The zero-order valence-electron chi connectivity index (χ0n) is 9.47. The van der Waals surface area contributed by atoms with Gasteiger partial charge in [-0.05, 0) is 36.4 Å². The third-order valence-electron chi connectivity index (χ3n) is 2.42. The Balaban J connectivity index is 2.23. The highest BCUT2D eigenvalue weighted by molar-refractivity contribution is 5.66.